The Balaban J connectivity index is 1.91. The van der Waals surface area contributed by atoms with Crippen molar-refractivity contribution in [3.05, 3.63) is 17.5 Å². The van der Waals surface area contributed by atoms with E-state index in [1.807, 2.05) is 0 Å². The highest BCUT2D eigenvalue weighted by Gasteiger charge is 2.27. The number of carbonyl (C=O) groups excluding carboxylic acids is 1. The Morgan fingerprint density at radius 1 is 1.47 bits per heavy atom. The van der Waals surface area contributed by atoms with Crippen LogP contribution in [0.2, 0.25) is 0 Å². The van der Waals surface area contributed by atoms with Crippen LogP contribution in [0, 0.1) is 6.92 Å². The summed E-state index contributed by atoms with van der Waals surface area (Å²) in [5.74, 6) is 0.206. The Labute approximate surface area is 113 Å². The zero-order valence-corrected chi connectivity index (χ0v) is 11.5. The number of aryl methyl sites for hydroxylation is 1. The van der Waals surface area contributed by atoms with Gasteiger partial charge in [0.25, 0.3) is 5.91 Å². The lowest BCUT2D eigenvalue weighted by atomic mass is 10.1. The van der Waals surface area contributed by atoms with Gasteiger partial charge < -0.3 is 14.5 Å². The number of carbonyl (C=O) groups is 1. The molecule has 0 radical (unpaired) electrons. The van der Waals surface area contributed by atoms with Crippen LogP contribution in [0.5, 0.6) is 0 Å². The van der Waals surface area contributed by atoms with Gasteiger partial charge in [0.05, 0.1) is 12.3 Å². The van der Waals surface area contributed by atoms with E-state index in [4.69, 9.17) is 4.52 Å². The number of rotatable bonds is 4. The van der Waals surface area contributed by atoms with Gasteiger partial charge in [-0.25, -0.2) is 0 Å². The summed E-state index contributed by atoms with van der Waals surface area (Å²) in [7, 11) is 0. The molecular weight excluding hydrogens is 246 g/mol. The first-order valence-corrected chi connectivity index (χ1v) is 6.73. The standard InChI is InChI=1S/C13H21N3O3/c1-3-11(9-17)15-4-6-16(7-5-15)13(18)12-8-10(2)14-19-12/h8,11,17H,3-7,9H2,1-2H3. The molecule has 1 atom stereocenters. The van der Waals surface area contributed by atoms with E-state index in [0.29, 0.717) is 24.5 Å². The molecule has 1 N–H and O–H groups in total. The predicted octanol–water partition coefficient (Wildman–Crippen LogP) is 0.512. The highest BCUT2D eigenvalue weighted by Crippen LogP contribution is 2.12. The van der Waals surface area contributed by atoms with Gasteiger partial charge in [0.15, 0.2) is 0 Å². The summed E-state index contributed by atoms with van der Waals surface area (Å²) in [4.78, 5) is 16.2. The summed E-state index contributed by atoms with van der Waals surface area (Å²) < 4.78 is 5.00. The molecule has 0 spiro atoms. The van der Waals surface area contributed by atoms with E-state index in [0.717, 1.165) is 19.5 Å². The SMILES string of the molecule is CCC(CO)N1CCN(C(=O)c2cc(C)no2)CC1. The van der Waals surface area contributed by atoms with Crippen LogP contribution in [0.15, 0.2) is 10.6 Å². The summed E-state index contributed by atoms with van der Waals surface area (Å²) in [5.41, 5.74) is 0.716. The number of amides is 1. The molecule has 19 heavy (non-hydrogen) atoms. The quantitative estimate of drug-likeness (QED) is 0.861. The maximum absolute atomic E-state index is 12.2. The number of aliphatic hydroxyl groups excluding tert-OH is 1. The molecule has 1 amide bonds. The number of nitrogens with zero attached hydrogens (tertiary/aromatic N) is 3. The maximum atomic E-state index is 12.2. The van der Waals surface area contributed by atoms with Gasteiger partial charge in [-0.3, -0.25) is 9.69 Å². The van der Waals surface area contributed by atoms with Gasteiger partial charge in [-0.2, -0.15) is 0 Å². The average molecular weight is 267 g/mol. The molecule has 0 bridgehead atoms. The average Bonchev–Trinajstić information content (AvgIpc) is 2.87. The van der Waals surface area contributed by atoms with Crippen molar-refractivity contribution in [3.8, 4) is 0 Å². The van der Waals surface area contributed by atoms with Crippen LogP contribution in [0.3, 0.4) is 0 Å². The molecule has 2 heterocycles. The number of aromatic nitrogens is 1. The van der Waals surface area contributed by atoms with Gasteiger partial charge in [-0.05, 0) is 13.3 Å². The third-order valence-corrected chi connectivity index (χ3v) is 3.64. The van der Waals surface area contributed by atoms with Crippen molar-refractivity contribution in [2.24, 2.45) is 0 Å². The van der Waals surface area contributed by atoms with Crippen molar-refractivity contribution >= 4 is 5.91 Å². The van der Waals surface area contributed by atoms with Gasteiger partial charge >= 0.3 is 0 Å². The summed E-state index contributed by atoms with van der Waals surface area (Å²) in [6, 6.07) is 1.86. The lowest BCUT2D eigenvalue weighted by Crippen LogP contribution is -2.52. The van der Waals surface area contributed by atoms with Gasteiger partial charge in [0.1, 0.15) is 0 Å². The summed E-state index contributed by atoms with van der Waals surface area (Å²) >= 11 is 0. The molecular formula is C13H21N3O3. The molecule has 1 aromatic heterocycles. The van der Waals surface area contributed by atoms with Crippen LogP contribution in [-0.4, -0.2) is 64.8 Å². The van der Waals surface area contributed by atoms with Gasteiger partial charge in [0.2, 0.25) is 5.76 Å². The number of hydrogen-bond donors (Lipinski definition) is 1. The first kappa shape index (κ1) is 14.0. The minimum absolute atomic E-state index is 0.0997. The van der Waals surface area contributed by atoms with Crippen molar-refractivity contribution in [1.29, 1.82) is 0 Å². The molecule has 1 aromatic rings. The van der Waals surface area contributed by atoms with E-state index in [-0.39, 0.29) is 18.6 Å². The van der Waals surface area contributed by atoms with Crippen molar-refractivity contribution in [1.82, 2.24) is 15.0 Å². The minimum atomic E-state index is -0.0997. The molecule has 1 fully saturated rings. The fourth-order valence-corrected chi connectivity index (χ4v) is 2.41. The second kappa shape index (κ2) is 6.16. The van der Waals surface area contributed by atoms with E-state index < -0.39 is 0 Å². The lowest BCUT2D eigenvalue weighted by molar-refractivity contribution is 0.0443. The third-order valence-electron chi connectivity index (χ3n) is 3.64. The van der Waals surface area contributed by atoms with Gasteiger partial charge in [-0.1, -0.05) is 12.1 Å². The Hall–Kier alpha value is -1.40. The van der Waals surface area contributed by atoms with E-state index in [1.54, 1.807) is 17.9 Å². The maximum Gasteiger partial charge on any atom is 0.292 e. The van der Waals surface area contributed by atoms with E-state index >= 15 is 0 Å². The fraction of sp³-hybridized carbons (Fsp3) is 0.692. The molecule has 1 aliphatic heterocycles. The normalized spacial score (nSPS) is 18.6. The molecule has 1 saturated heterocycles. The highest BCUT2D eigenvalue weighted by molar-refractivity contribution is 5.91. The smallest absolute Gasteiger partial charge is 0.292 e. The predicted molar refractivity (Wildman–Crippen MR) is 69.9 cm³/mol. The fourth-order valence-electron chi connectivity index (χ4n) is 2.41. The van der Waals surface area contributed by atoms with Crippen LogP contribution in [0.1, 0.15) is 29.6 Å². The molecule has 1 unspecified atom stereocenters. The van der Waals surface area contributed by atoms with Crippen molar-refractivity contribution in [2.75, 3.05) is 32.8 Å². The van der Waals surface area contributed by atoms with E-state index in [1.165, 1.54) is 0 Å². The Bertz CT molecular complexity index is 421. The van der Waals surface area contributed by atoms with Crippen LogP contribution in [0.4, 0.5) is 0 Å². The molecule has 106 valence electrons. The molecule has 2 rings (SSSR count). The van der Waals surface area contributed by atoms with Crippen molar-refractivity contribution in [3.63, 3.8) is 0 Å². The Morgan fingerprint density at radius 2 is 2.16 bits per heavy atom. The molecule has 0 saturated carbocycles. The summed E-state index contributed by atoms with van der Waals surface area (Å²) in [6.45, 7) is 6.94. The van der Waals surface area contributed by atoms with Gasteiger partial charge in [-0.15, -0.1) is 0 Å². The summed E-state index contributed by atoms with van der Waals surface area (Å²) in [6.07, 6.45) is 0.922. The molecule has 1 aliphatic rings. The van der Waals surface area contributed by atoms with E-state index in [9.17, 15) is 9.90 Å². The number of hydrogen-bond acceptors (Lipinski definition) is 5. The molecule has 6 heteroatoms. The summed E-state index contributed by atoms with van der Waals surface area (Å²) in [5, 5.41) is 13.0. The van der Waals surface area contributed by atoms with Crippen LogP contribution < -0.4 is 0 Å². The second-order valence-corrected chi connectivity index (χ2v) is 4.91. The van der Waals surface area contributed by atoms with Crippen LogP contribution in [-0.2, 0) is 0 Å². The van der Waals surface area contributed by atoms with Crippen LogP contribution >= 0.6 is 0 Å². The largest absolute Gasteiger partial charge is 0.395 e. The van der Waals surface area contributed by atoms with E-state index in [2.05, 4.69) is 17.0 Å². The Kier molecular flexibility index (Phi) is 4.55. The van der Waals surface area contributed by atoms with Crippen molar-refractivity contribution < 1.29 is 14.4 Å². The highest BCUT2D eigenvalue weighted by atomic mass is 16.5. The minimum Gasteiger partial charge on any atom is -0.395 e. The number of piperazine rings is 1. The first-order chi connectivity index (χ1) is 9.15. The zero-order chi connectivity index (χ0) is 13.8. The molecule has 6 nitrogen and oxygen atoms in total. The Morgan fingerprint density at radius 3 is 2.63 bits per heavy atom. The first-order valence-electron chi connectivity index (χ1n) is 6.73. The zero-order valence-electron chi connectivity index (χ0n) is 11.5. The van der Waals surface area contributed by atoms with Gasteiger partial charge in [0, 0.05) is 38.3 Å². The third kappa shape index (κ3) is 3.13. The molecule has 0 aromatic carbocycles. The second-order valence-electron chi connectivity index (χ2n) is 4.91. The lowest BCUT2D eigenvalue weighted by Gasteiger charge is -2.38. The monoisotopic (exact) mass is 267 g/mol. The topological polar surface area (TPSA) is 69.8 Å². The van der Waals surface area contributed by atoms with Crippen LogP contribution in [0.25, 0.3) is 0 Å². The molecule has 0 aliphatic carbocycles. The number of aliphatic hydroxyl groups is 1. The van der Waals surface area contributed by atoms with Crippen molar-refractivity contribution in [2.45, 2.75) is 26.3 Å².